The topological polar surface area (TPSA) is 34.1 Å². The van der Waals surface area contributed by atoms with Gasteiger partial charge in [0.1, 0.15) is 16.4 Å². The summed E-state index contributed by atoms with van der Waals surface area (Å²) in [5.74, 6) is 0.985. The number of nitrogens with one attached hydrogen (secondary N) is 1. The first kappa shape index (κ1) is 11.7. The van der Waals surface area contributed by atoms with Crippen molar-refractivity contribution in [3.05, 3.63) is 46.4 Å². The minimum atomic E-state index is -0.221. The van der Waals surface area contributed by atoms with Crippen molar-refractivity contribution in [2.45, 2.75) is 32.0 Å². The summed E-state index contributed by atoms with van der Waals surface area (Å²) in [6.45, 7) is 5.02. The van der Waals surface area contributed by atoms with Crippen molar-refractivity contribution in [2.75, 3.05) is 0 Å². The Balaban J connectivity index is 1.81. The number of fused-ring (bicyclic) bond motifs is 1. The van der Waals surface area contributed by atoms with Gasteiger partial charge >= 0.3 is 0 Å². The normalized spacial score (nSPS) is 20.4. The second-order valence-electron chi connectivity index (χ2n) is 4.98. The molecular formula is C14H16N2OS. The maximum absolute atomic E-state index is 6.00. The highest BCUT2D eigenvalue weighted by Crippen LogP contribution is 2.42. The monoisotopic (exact) mass is 260 g/mol. The molecule has 0 spiro atoms. The highest BCUT2D eigenvalue weighted by Gasteiger charge is 2.40. The summed E-state index contributed by atoms with van der Waals surface area (Å²) in [5, 5.41) is 6.66. The van der Waals surface area contributed by atoms with Gasteiger partial charge in [0.15, 0.2) is 0 Å². The summed E-state index contributed by atoms with van der Waals surface area (Å²) >= 11 is 1.67. The van der Waals surface area contributed by atoms with Crippen LogP contribution in [0.25, 0.3) is 0 Å². The fourth-order valence-electron chi connectivity index (χ4n) is 2.41. The molecule has 0 fully saturated rings. The molecule has 2 aromatic rings. The molecule has 2 heterocycles. The van der Waals surface area contributed by atoms with Crippen molar-refractivity contribution in [1.82, 2.24) is 10.3 Å². The molecule has 1 aromatic carbocycles. The maximum atomic E-state index is 6.00. The van der Waals surface area contributed by atoms with Crippen LogP contribution < -0.4 is 10.1 Å². The number of hydrogen-bond acceptors (Lipinski definition) is 4. The number of rotatable bonds is 3. The van der Waals surface area contributed by atoms with E-state index in [1.54, 1.807) is 11.3 Å². The van der Waals surface area contributed by atoms with Gasteiger partial charge in [-0.2, -0.15) is 0 Å². The molecule has 3 rings (SSSR count). The van der Waals surface area contributed by atoms with Crippen LogP contribution >= 0.6 is 11.3 Å². The quantitative estimate of drug-likeness (QED) is 0.920. The molecule has 1 N–H and O–H groups in total. The third kappa shape index (κ3) is 2.02. The first-order valence-electron chi connectivity index (χ1n) is 6.06. The van der Waals surface area contributed by atoms with E-state index < -0.39 is 0 Å². The molecule has 1 unspecified atom stereocenters. The van der Waals surface area contributed by atoms with Gasteiger partial charge in [0.25, 0.3) is 0 Å². The van der Waals surface area contributed by atoms with E-state index in [9.17, 15) is 0 Å². The Morgan fingerprint density at radius 3 is 3.00 bits per heavy atom. The lowest BCUT2D eigenvalue weighted by molar-refractivity contribution is 0.0958. The molecule has 0 radical (unpaired) electrons. The Morgan fingerprint density at radius 2 is 2.22 bits per heavy atom. The van der Waals surface area contributed by atoms with Gasteiger partial charge in [0, 0.05) is 23.7 Å². The van der Waals surface area contributed by atoms with Crippen LogP contribution in [-0.4, -0.2) is 10.6 Å². The molecule has 1 atom stereocenters. The molecular weight excluding hydrogens is 244 g/mol. The summed E-state index contributed by atoms with van der Waals surface area (Å²) in [5.41, 5.74) is 1.01. The van der Waals surface area contributed by atoms with Crippen LogP contribution in [-0.2, 0) is 6.54 Å². The van der Waals surface area contributed by atoms with Crippen molar-refractivity contribution in [1.29, 1.82) is 0 Å². The predicted molar refractivity (Wildman–Crippen MR) is 72.8 cm³/mol. The molecule has 1 aliphatic heterocycles. The van der Waals surface area contributed by atoms with Crippen LogP contribution in [0.5, 0.6) is 5.75 Å². The smallest absolute Gasteiger partial charge is 0.125 e. The summed E-state index contributed by atoms with van der Waals surface area (Å²) in [4.78, 5) is 4.30. The lowest BCUT2D eigenvalue weighted by atomic mass is 9.94. The molecule has 4 heteroatoms. The highest BCUT2D eigenvalue weighted by atomic mass is 32.1. The third-order valence-corrected chi connectivity index (χ3v) is 4.02. The summed E-state index contributed by atoms with van der Waals surface area (Å²) in [7, 11) is 0. The van der Waals surface area contributed by atoms with Crippen molar-refractivity contribution >= 4 is 11.3 Å². The van der Waals surface area contributed by atoms with E-state index in [2.05, 4.69) is 36.3 Å². The van der Waals surface area contributed by atoms with Crippen LogP contribution in [0.4, 0.5) is 0 Å². The van der Waals surface area contributed by atoms with E-state index in [1.165, 1.54) is 5.56 Å². The van der Waals surface area contributed by atoms with Crippen molar-refractivity contribution in [2.24, 2.45) is 0 Å². The lowest BCUT2D eigenvalue weighted by Gasteiger charge is -2.27. The zero-order chi connectivity index (χ0) is 12.6. The van der Waals surface area contributed by atoms with Crippen molar-refractivity contribution < 1.29 is 4.74 Å². The minimum absolute atomic E-state index is 0.206. The van der Waals surface area contributed by atoms with E-state index in [-0.39, 0.29) is 11.6 Å². The van der Waals surface area contributed by atoms with Gasteiger partial charge in [0.05, 0.1) is 6.04 Å². The number of thiazole rings is 1. The molecule has 1 aliphatic rings. The van der Waals surface area contributed by atoms with Gasteiger partial charge in [-0.25, -0.2) is 4.98 Å². The zero-order valence-corrected chi connectivity index (χ0v) is 11.3. The largest absolute Gasteiger partial charge is 0.486 e. The Hall–Kier alpha value is -1.39. The fourth-order valence-corrected chi connectivity index (χ4v) is 2.98. The van der Waals surface area contributed by atoms with Gasteiger partial charge in [-0.05, 0) is 19.9 Å². The van der Waals surface area contributed by atoms with Gasteiger partial charge in [0.2, 0.25) is 0 Å². The maximum Gasteiger partial charge on any atom is 0.125 e. The molecule has 0 bridgehead atoms. The van der Waals surface area contributed by atoms with Crippen molar-refractivity contribution in [3.8, 4) is 5.75 Å². The SMILES string of the molecule is CC1(C)Oc2ccccc2C1NCc1nccs1. The molecule has 0 saturated carbocycles. The van der Waals surface area contributed by atoms with E-state index in [4.69, 9.17) is 4.74 Å². The van der Waals surface area contributed by atoms with Gasteiger partial charge in [-0.1, -0.05) is 18.2 Å². The summed E-state index contributed by atoms with van der Waals surface area (Å²) in [6, 6.07) is 8.43. The standard InChI is InChI=1S/C14H16N2OS/c1-14(2)13(16-9-12-15-7-8-18-12)10-5-3-4-6-11(10)17-14/h3-8,13,16H,9H2,1-2H3. The number of hydrogen-bond donors (Lipinski definition) is 1. The van der Waals surface area contributed by atoms with E-state index >= 15 is 0 Å². The zero-order valence-electron chi connectivity index (χ0n) is 10.5. The third-order valence-electron chi connectivity index (χ3n) is 3.24. The number of ether oxygens (including phenoxy) is 1. The Morgan fingerprint density at radius 1 is 1.39 bits per heavy atom. The molecule has 0 aliphatic carbocycles. The molecule has 1 aromatic heterocycles. The molecule has 0 amide bonds. The number of benzene rings is 1. The molecule has 18 heavy (non-hydrogen) atoms. The Labute approximate surface area is 111 Å². The van der Waals surface area contributed by atoms with E-state index in [0.717, 1.165) is 17.3 Å². The molecule has 94 valence electrons. The van der Waals surface area contributed by atoms with Gasteiger partial charge < -0.3 is 10.1 Å². The average molecular weight is 260 g/mol. The van der Waals surface area contributed by atoms with Crippen molar-refractivity contribution in [3.63, 3.8) is 0 Å². The van der Waals surface area contributed by atoms with Crippen LogP contribution in [0.1, 0.15) is 30.5 Å². The van der Waals surface area contributed by atoms with Crippen LogP contribution in [0, 0.1) is 0 Å². The van der Waals surface area contributed by atoms with Crippen LogP contribution in [0.3, 0.4) is 0 Å². The van der Waals surface area contributed by atoms with E-state index in [1.807, 2.05) is 23.7 Å². The number of aromatic nitrogens is 1. The van der Waals surface area contributed by atoms with Crippen LogP contribution in [0.15, 0.2) is 35.8 Å². The van der Waals surface area contributed by atoms with Gasteiger partial charge in [-0.15, -0.1) is 11.3 Å². The lowest BCUT2D eigenvalue weighted by Crippen LogP contribution is -2.38. The molecule has 0 saturated heterocycles. The second-order valence-corrected chi connectivity index (χ2v) is 5.96. The van der Waals surface area contributed by atoms with E-state index in [0.29, 0.717) is 0 Å². The Bertz CT molecular complexity index is 536. The Kier molecular flexibility index (Phi) is 2.84. The summed E-state index contributed by atoms with van der Waals surface area (Å²) < 4.78 is 6.00. The first-order chi connectivity index (χ1) is 8.67. The molecule has 3 nitrogen and oxygen atoms in total. The predicted octanol–water partition coefficient (Wildman–Crippen LogP) is 3.15. The fraction of sp³-hybridized carbons (Fsp3) is 0.357. The number of para-hydroxylation sites is 1. The minimum Gasteiger partial charge on any atom is -0.486 e. The first-order valence-corrected chi connectivity index (χ1v) is 6.94. The average Bonchev–Trinajstić information content (AvgIpc) is 2.91. The van der Waals surface area contributed by atoms with Gasteiger partial charge in [-0.3, -0.25) is 0 Å². The highest BCUT2D eigenvalue weighted by molar-refractivity contribution is 7.09. The number of nitrogens with zero attached hydrogens (tertiary/aromatic N) is 1. The second kappa shape index (κ2) is 4.37. The summed E-state index contributed by atoms with van der Waals surface area (Å²) in [6.07, 6.45) is 1.84. The van der Waals surface area contributed by atoms with Crippen LogP contribution in [0.2, 0.25) is 0 Å².